The number of aromatic nitrogens is 2. The van der Waals surface area contributed by atoms with Crippen LogP contribution in [0.3, 0.4) is 0 Å². The van der Waals surface area contributed by atoms with Crippen molar-refractivity contribution < 1.29 is 31.4 Å². The van der Waals surface area contributed by atoms with Crippen molar-refractivity contribution in [3.63, 3.8) is 0 Å². The zero-order chi connectivity index (χ0) is 50.2. The molecule has 0 bridgehead atoms. The van der Waals surface area contributed by atoms with E-state index in [9.17, 15) is 0 Å². The van der Waals surface area contributed by atoms with Gasteiger partial charge in [-0.25, -0.2) is 0 Å². The van der Waals surface area contributed by atoms with E-state index in [0.29, 0.717) is 22.4 Å². The van der Waals surface area contributed by atoms with Gasteiger partial charge in [-0.1, -0.05) is 213 Å². The van der Waals surface area contributed by atoms with E-state index in [4.69, 9.17) is 16.3 Å². The standard InChI is InChI=1S/C33H20NO.C30H32NSi.Ir/c1-2-7-22(8-3-1)24-17-18-34-31(20-24)26-14-16-32-30(19-26)29-15-13-25(21-33(29)35-32)28-12-6-10-23-9-4-5-11-27(23)28;1-22(2)18-26-20-29(31-21-30(26)32(4,5)27-14-10-7-11-15-27)25-17-16-23(3)28(19-25)24-12-8-6-9-13-24;/h1-13,15-21H;6-16,19-22H,18H2,1-5H3;/q2*-1;/i;3D3,18D2;. The summed E-state index contributed by atoms with van der Waals surface area (Å²) in [6.45, 7) is 5.95. The molecule has 0 saturated carbocycles. The summed E-state index contributed by atoms with van der Waals surface area (Å²) in [4.78, 5) is 9.42. The molecule has 0 N–H and O–H groups in total. The Morgan fingerprint density at radius 2 is 1.25 bits per heavy atom. The molecule has 0 spiro atoms. The minimum Gasteiger partial charge on any atom is -0.500 e. The third-order valence-electron chi connectivity index (χ3n) is 12.5. The molecule has 3 heterocycles. The maximum absolute atomic E-state index is 9.03. The first kappa shape index (κ1) is 40.1. The molecule has 0 atom stereocenters. The van der Waals surface area contributed by atoms with Gasteiger partial charge in [0.1, 0.15) is 13.7 Å². The maximum Gasteiger partial charge on any atom is 0.121 e. The molecule has 0 aliphatic heterocycles. The van der Waals surface area contributed by atoms with Crippen LogP contribution in [0, 0.1) is 24.9 Å². The van der Waals surface area contributed by atoms with Crippen molar-refractivity contribution in [3.05, 3.63) is 230 Å². The molecule has 0 fully saturated rings. The van der Waals surface area contributed by atoms with Crippen molar-refractivity contribution in [1.29, 1.82) is 0 Å². The van der Waals surface area contributed by atoms with Crippen LogP contribution in [0.1, 0.15) is 31.8 Å². The number of fused-ring (bicyclic) bond motifs is 4. The second-order valence-corrected chi connectivity index (χ2v) is 22.1. The molecular weight excluding hydrogens is 1020 g/mol. The van der Waals surface area contributed by atoms with Crippen molar-refractivity contribution in [2.24, 2.45) is 5.92 Å². The van der Waals surface area contributed by atoms with Gasteiger partial charge >= 0.3 is 0 Å². The summed E-state index contributed by atoms with van der Waals surface area (Å²) >= 11 is 0. The summed E-state index contributed by atoms with van der Waals surface area (Å²) in [7, 11) is -2.26. The molecule has 3 aromatic heterocycles. The van der Waals surface area contributed by atoms with Crippen LogP contribution >= 0.6 is 0 Å². The molecule has 11 rings (SSSR count). The number of rotatable bonds is 9. The van der Waals surface area contributed by atoms with Gasteiger partial charge < -0.3 is 14.4 Å². The SMILES string of the molecule is [2H]C([2H])([2H])c1c[c-]c(-c2cc(C([2H])([2H])C(C)C)c([Si](C)(C)c3ccccc3)cn2)cc1-c1ccccc1.[Ir].[c-]1cc2oc3cc(-c4cccc5ccccc45)ccc3c2cc1-c1cc(-c2ccccc2)ccn1. The maximum atomic E-state index is 9.03. The minimum absolute atomic E-state index is 0. The fraction of sp³-hybridized carbons (Fsp3) is 0.111. The molecule has 0 aliphatic carbocycles. The zero-order valence-electron chi connectivity index (χ0n) is 43.3. The van der Waals surface area contributed by atoms with Crippen LogP contribution in [0.2, 0.25) is 13.1 Å². The second kappa shape index (κ2) is 20.1. The Labute approximate surface area is 422 Å². The number of hydrogen-bond donors (Lipinski definition) is 0. The van der Waals surface area contributed by atoms with Crippen LogP contribution < -0.4 is 10.4 Å². The Bertz CT molecular complexity index is 3720. The molecule has 3 nitrogen and oxygen atoms in total. The molecule has 0 amide bonds. The van der Waals surface area contributed by atoms with Crippen LogP contribution in [0.4, 0.5) is 0 Å². The molecule has 11 aromatic rings. The molecule has 0 saturated heterocycles. The zero-order valence-corrected chi connectivity index (χ0v) is 41.7. The van der Waals surface area contributed by atoms with E-state index in [-0.39, 0.29) is 31.6 Å². The van der Waals surface area contributed by atoms with E-state index in [1.54, 1.807) is 0 Å². The Kier molecular flexibility index (Phi) is 11.8. The smallest absolute Gasteiger partial charge is 0.121 e. The predicted octanol–water partition coefficient (Wildman–Crippen LogP) is 15.5. The third kappa shape index (κ3) is 9.57. The van der Waals surface area contributed by atoms with Gasteiger partial charge in [0.05, 0.1) is 5.58 Å². The molecule has 0 aliphatic rings. The number of hydrogen-bond acceptors (Lipinski definition) is 3. The monoisotopic (exact) mass is 1080 g/mol. The van der Waals surface area contributed by atoms with Gasteiger partial charge in [0.2, 0.25) is 0 Å². The summed E-state index contributed by atoms with van der Waals surface area (Å²) in [5.41, 5.74) is 11.7. The quantitative estimate of drug-likeness (QED) is 0.107. The largest absolute Gasteiger partial charge is 0.500 e. The van der Waals surface area contributed by atoms with Gasteiger partial charge in [-0.3, -0.25) is 0 Å². The van der Waals surface area contributed by atoms with E-state index in [1.165, 1.54) is 33.2 Å². The van der Waals surface area contributed by atoms with Gasteiger partial charge in [0.25, 0.3) is 0 Å². The summed E-state index contributed by atoms with van der Waals surface area (Å²) in [5, 5.41) is 6.82. The fourth-order valence-electron chi connectivity index (χ4n) is 8.94. The van der Waals surface area contributed by atoms with Gasteiger partial charge in [-0.15, -0.1) is 53.1 Å². The molecule has 1 radical (unpaired) electrons. The van der Waals surface area contributed by atoms with E-state index in [1.807, 2.05) is 105 Å². The molecular formula is C63H52IrN2OSi-2. The number of aryl methyl sites for hydroxylation is 1. The fourth-order valence-corrected chi connectivity index (χ4v) is 11.5. The average molecular weight is 1080 g/mol. The van der Waals surface area contributed by atoms with Crippen molar-refractivity contribution in [2.75, 3.05) is 0 Å². The molecule has 335 valence electrons. The van der Waals surface area contributed by atoms with Crippen molar-refractivity contribution in [2.45, 2.75) is 40.2 Å². The van der Waals surface area contributed by atoms with Crippen molar-refractivity contribution in [3.8, 4) is 55.9 Å². The number of benzene rings is 8. The summed E-state index contributed by atoms with van der Waals surface area (Å²) < 4.78 is 48.4. The van der Waals surface area contributed by atoms with Gasteiger partial charge in [-0.05, 0) is 79.6 Å². The summed E-state index contributed by atoms with van der Waals surface area (Å²) in [6.07, 6.45) is 2.12. The Balaban J connectivity index is 0.000000177. The second-order valence-electron chi connectivity index (χ2n) is 17.7. The van der Waals surface area contributed by atoms with Crippen molar-refractivity contribution >= 4 is 51.2 Å². The Hall–Kier alpha value is -7.01. The number of pyridine rings is 2. The molecule has 5 heteroatoms. The summed E-state index contributed by atoms with van der Waals surface area (Å²) in [6, 6.07) is 71.4. The predicted molar refractivity (Wildman–Crippen MR) is 285 cm³/mol. The Morgan fingerprint density at radius 3 is 2.01 bits per heavy atom. The third-order valence-corrected chi connectivity index (χ3v) is 16.0. The van der Waals surface area contributed by atoms with Crippen LogP contribution in [0.5, 0.6) is 0 Å². The van der Waals surface area contributed by atoms with E-state index >= 15 is 0 Å². The minimum atomic E-state index is -2.29. The number of nitrogens with zero attached hydrogens (tertiary/aromatic N) is 2. The van der Waals surface area contributed by atoms with Crippen LogP contribution in [-0.2, 0) is 26.5 Å². The molecule has 8 aromatic carbocycles. The molecule has 0 unspecified atom stereocenters. The first-order valence-corrected chi connectivity index (χ1v) is 25.7. The Morgan fingerprint density at radius 1 is 0.574 bits per heavy atom. The normalized spacial score (nSPS) is 12.9. The number of furan rings is 1. The van der Waals surface area contributed by atoms with Crippen LogP contribution in [0.25, 0.3) is 88.6 Å². The summed E-state index contributed by atoms with van der Waals surface area (Å²) in [5.74, 6) is -0.246. The first-order chi connectivity index (χ1) is 34.7. The van der Waals surface area contributed by atoms with Crippen molar-refractivity contribution in [1.82, 2.24) is 9.97 Å². The van der Waals surface area contributed by atoms with Gasteiger partial charge in [-0.2, -0.15) is 0 Å². The van der Waals surface area contributed by atoms with E-state index < -0.39 is 21.3 Å². The molecule has 68 heavy (non-hydrogen) atoms. The van der Waals surface area contributed by atoms with E-state index in [2.05, 4.69) is 139 Å². The van der Waals surface area contributed by atoms with E-state index in [0.717, 1.165) is 55.1 Å². The first-order valence-electron chi connectivity index (χ1n) is 25.2. The van der Waals surface area contributed by atoms with Crippen LogP contribution in [-0.4, -0.2) is 18.0 Å². The average Bonchev–Trinajstić information content (AvgIpc) is 3.78. The van der Waals surface area contributed by atoms with Crippen LogP contribution in [0.15, 0.2) is 211 Å². The van der Waals surface area contributed by atoms with Gasteiger partial charge in [0, 0.05) is 44.7 Å². The van der Waals surface area contributed by atoms with Gasteiger partial charge in [0.15, 0.2) is 0 Å². The topological polar surface area (TPSA) is 38.9 Å².